The third kappa shape index (κ3) is 3.01. The summed E-state index contributed by atoms with van der Waals surface area (Å²) >= 11 is 0. The van der Waals surface area contributed by atoms with Gasteiger partial charge in [0.05, 0.1) is 0 Å². The Hall–Kier alpha value is -1.06. The van der Waals surface area contributed by atoms with E-state index in [1.165, 1.54) is 0 Å². The fourth-order valence-corrected chi connectivity index (χ4v) is 1.01. The van der Waals surface area contributed by atoms with Crippen LogP contribution in [0.5, 0.6) is 5.75 Å². The molecule has 3 nitrogen and oxygen atoms in total. The Kier molecular flexibility index (Phi) is 3.92. The zero-order chi connectivity index (χ0) is 10.6. The third-order valence-electron chi connectivity index (χ3n) is 2.19. The zero-order valence-corrected chi connectivity index (χ0v) is 9.03. The van der Waals surface area contributed by atoms with Crippen molar-refractivity contribution in [1.29, 1.82) is 0 Å². The Bertz CT molecular complexity index is 269. The Morgan fingerprint density at radius 1 is 1.29 bits per heavy atom. The minimum absolute atomic E-state index is 0.0822. The van der Waals surface area contributed by atoms with E-state index in [4.69, 9.17) is 10.5 Å². The first-order chi connectivity index (χ1) is 6.63. The molecule has 0 aliphatic carbocycles. The maximum atomic E-state index is 5.66. The van der Waals surface area contributed by atoms with Crippen LogP contribution < -0.4 is 10.5 Å². The summed E-state index contributed by atoms with van der Waals surface area (Å²) in [6.07, 6.45) is 0.0822. The summed E-state index contributed by atoms with van der Waals surface area (Å²) in [5.74, 6) is 0.878. The van der Waals surface area contributed by atoms with Gasteiger partial charge in [0.2, 0.25) is 0 Å². The van der Waals surface area contributed by atoms with Gasteiger partial charge in [-0.25, -0.2) is 0 Å². The predicted octanol–water partition coefficient (Wildman–Crippen LogP) is 1.43. The van der Waals surface area contributed by atoms with E-state index in [1.54, 1.807) is 0 Å². The summed E-state index contributed by atoms with van der Waals surface area (Å²) in [5.41, 5.74) is 6.62. The number of ether oxygens (including phenoxy) is 1. The molecule has 0 aromatic heterocycles. The molecular formula is C11H18N2O. The molecule has 0 saturated carbocycles. The third-order valence-corrected chi connectivity index (χ3v) is 2.19. The Labute approximate surface area is 85.5 Å². The highest BCUT2D eigenvalue weighted by molar-refractivity contribution is 5.27. The van der Waals surface area contributed by atoms with Gasteiger partial charge >= 0.3 is 0 Å². The standard InChI is InChI=1S/C11H18N2O/c1-9(13(2)3)14-11-6-4-10(8-12)5-7-11/h4-7,9H,8,12H2,1-3H3. The smallest absolute Gasteiger partial charge is 0.149 e. The van der Waals surface area contributed by atoms with Crippen LogP contribution in [0.3, 0.4) is 0 Å². The van der Waals surface area contributed by atoms with Crippen molar-refractivity contribution in [2.75, 3.05) is 14.1 Å². The van der Waals surface area contributed by atoms with Crippen LogP contribution in [-0.4, -0.2) is 25.2 Å². The molecule has 0 aliphatic heterocycles. The SMILES string of the molecule is CC(Oc1ccc(CN)cc1)N(C)C. The van der Waals surface area contributed by atoms with Gasteiger partial charge in [0.25, 0.3) is 0 Å². The van der Waals surface area contributed by atoms with E-state index in [-0.39, 0.29) is 6.23 Å². The zero-order valence-electron chi connectivity index (χ0n) is 9.03. The van der Waals surface area contributed by atoms with Crippen LogP contribution >= 0.6 is 0 Å². The summed E-state index contributed by atoms with van der Waals surface area (Å²) in [6.45, 7) is 2.58. The Morgan fingerprint density at radius 3 is 2.29 bits per heavy atom. The van der Waals surface area contributed by atoms with Gasteiger partial charge in [0, 0.05) is 6.54 Å². The van der Waals surface area contributed by atoms with Crippen LogP contribution in [0.15, 0.2) is 24.3 Å². The Morgan fingerprint density at radius 2 is 1.86 bits per heavy atom. The van der Waals surface area contributed by atoms with E-state index in [9.17, 15) is 0 Å². The van der Waals surface area contributed by atoms with Crippen LogP contribution in [0.4, 0.5) is 0 Å². The molecule has 0 amide bonds. The molecule has 0 bridgehead atoms. The number of nitrogens with zero attached hydrogens (tertiary/aromatic N) is 1. The molecule has 0 fully saturated rings. The molecule has 1 rings (SSSR count). The van der Waals surface area contributed by atoms with Gasteiger partial charge in [-0.3, -0.25) is 4.90 Å². The van der Waals surface area contributed by atoms with E-state index in [2.05, 4.69) is 0 Å². The largest absolute Gasteiger partial charge is 0.475 e. The number of nitrogens with two attached hydrogens (primary N) is 1. The lowest BCUT2D eigenvalue weighted by Gasteiger charge is -2.21. The second-order valence-electron chi connectivity index (χ2n) is 3.53. The lowest BCUT2D eigenvalue weighted by atomic mass is 10.2. The van der Waals surface area contributed by atoms with Crippen molar-refractivity contribution in [3.8, 4) is 5.75 Å². The molecule has 1 aromatic rings. The second-order valence-corrected chi connectivity index (χ2v) is 3.53. The van der Waals surface area contributed by atoms with Crippen LogP contribution in [0.25, 0.3) is 0 Å². The van der Waals surface area contributed by atoms with Crippen molar-refractivity contribution >= 4 is 0 Å². The van der Waals surface area contributed by atoms with Gasteiger partial charge in [-0.2, -0.15) is 0 Å². The molecule has 1 aromatic carbocycles. The number of hydrogen-bond acceptors (Lipinski definition) is 3. The number of benzene rings is 1. The molecule has 3 heteroatoms. The molecule has 0 spiro atoms. The highest BCUT2D eigenvalue weighted by Gasteiger charge is 2.05. The van der Waals surface area contributed by atoms with Crippen molar-refractivity contribution < 1.29 is 4.74 Å². The summed E-state index contributed by atoms with van der Waals surface area (Å²) in [7, 11) is 3.97. The summed E-state index contributed by atoms with van der Waals surface area (Å²) in [5, 5.41) is 0. The normalized spacial score (nSPS) is 12.9. The topological polar surface area (TPSA) is 38.5 Å². The summed E-state index contributed by atoms with van der Waals surface area (Å²) < 4.78 is 5.66. The van der Waals surface area contributed by atoms with Gasteiger partial charge in [-0.15, -0.1) is 0 Å². The van der Waals surface area contributed by atoms with E-state index in [1.807, 2.05) is 50.2 Å². The van der Waals surface area contributed by atoms with Crippen LogP contribution in [-0.2, 0) is 6.54 Å². The molecule has 14 heavy (non-hydrogen) atoms. The minimum atomic E-state index is 0.0822. The molecule has 0 radical (unpaired) electrons. The maximum Gasteiger partial charge on any atom is 0.149 e. The molecule has 1 unspecified atom stereocenters. The first-order valence-electron chi connectivity index (χ1n) is 4.75. The molecule has 0 aliphatic rings. The van der Waals surface area contributed by atoms with E-state index in [0.29, 0.717) is 6.54 Å². The fraction of sp³-hybridized carbons (Fsp3) is 0.455. The average molecular weight is 194 g/mol. The van der Waals surface area contributed by atoms with E-state index < -0.39 is 0 Å². The van der Waals surface area contributed by atoms with Gasteiger partial charge in [-0.1, -0.05) is 12.1 Å². The van der Waals surface area contributed by atoms with Crippen LogP contribution in [0.1, 0.15) is 12.5 Å². The van der Waals surface area contributed by atoms with Gasteiger partial charge in [0.15, 0.2) is 0 Å². The number of rotatable bonds is 4. The first kappa shape index (κ1) is 11.0. The van der Waals surface area contributed by atoms with Crippen molar-refractivity contribution in [1.82, 2.24) is 4.90 Å². The second kappa shape index (κ2) is 4.98. The monoisotopic (exact) mass is 194 g/mol. The summed E-state index contributed by atoms with van der Waals surface area (Å²) in [6, 6.07) is 7.86. The van der Waals surface area contributed by atoms with Gasteiger partial charge < -0.3 is 10.5 Å². The summed E-state index contributed by atoms with van der Waals surface area (Å²) in [4.78, 5) is 2.01. The maximum absolute atomic E-state index is 5.66. The fourth-order valence-electron chi connectivity index (χ4n) is 1.01. The quantitative estimate of drug-likeness (QED) is 0.737. The van der Waals surface area contributed by atoms with Crippen LogP contribution in [0, 0.1) is 0 Å². The Balaban J connectivity index is 2.59. The molecule has 1 atom stereocenters. The molecule has 0 heterocycles. The van der Waals surface area contributed by atoms with Crippen molar-refractivity contribution in [2.45, 2.75) is 19.7 Å². The number of hydrogen-bond donors (Lipinski definition) is 1. The minimum Gasteiger partial charge on any atom is -0.475 e. The molecule has 0 saturated heterocycles. The van der Waals surface area contributed by atoms with E-state index >= 15 is 0 Å². The van der Waals surface area contributed by atoms with Crippen molar-refractivity contribution in [3.63, 3.8) is 0 Å². The average Bonchev–Trinajstić information content (AvgIpc) is 2.19. The molecular weight excluding hydrogens is 176 g/mol. The van der Waals surface area contributed by atoms with E-state index in [0.717, 1.165) is 11.3 Å². The van der Waals surface area contributed by atoms with Gasteiger partial charge in [-0.05, 0) is 38.7 Å². The van der Waals surface area contributed by atoms with Crippen LogP contribution in [0.2, 0.25) is 0 Å². The van der Waals surface area contributed by atoms with Gasteiger partial charge in [0.1, 0.15) is 12.0 Å². The lowest BCUT2D eigenvalue weighted by Crippen LogP contribution is -2.30. The molecule has 78 valence electrons. The lowest BCUT2D eigenvalue weighted by molar-refractivity contribution is 0.0815. The van der Waals surface area contributed by atoms with Crippen molar-refractivity contribution in [3.05, 3.63) is 29.8 Å². The predicted molar refractivity (Wildman–Crippen MR) is 58.1 cm³/mol. The highest BCUT2D eigenvalue weighted by atomic mass is 16.5. The molecule has 2 N–H and O–H groups in total. The highest BCUT2D eigenvalue weighted by Crippen LogP contribution is 2.13. The van der Waals surface area contributed by atoms with Crippen molar-refractivity contribution in [2.24, 2.45) is 5.73 Å². The first-order valence-corrected chi connectivity index (χ1v) is 4.75.